The number of aldehydes is 1. The number of rotatable bonds is 25. The van der Waals surface area contributed by atoms with E-state index >= 15 is 0 Å². The smallest absolute Gasteiger partial charge is 0.119 e. The van der Waals surface area contributed by atoms with E-state index in [1.54, 1.807) is 0 Å². The van der Waals surface area contributed by atoms with Gasteiger partial charge in [0.25, 0.3) is 0 Å². The minimum absolute atomic E-state index is 0.348. The van der Waals surface area contributed by atoms with E-state index in [4.69, 9.17) is 10.2 Å². The van der Waals surface area contributed by atoms with Crippen LogP contribution in [0.15, 0.2) is 0 Å². The second kappa shape index (κ2) is 31.5. The van der Waals surface area contributed by atoms with Crippen molar-refractivity contribution >= 4 is 6.29 Å². The first kappa shape index (κ1) is 34.7. The van der Waals surface area contributed by atoms with Gasteiger partial charge in [0.15, 0.2) is 0 Å². The molecule has 0 aromatic heterocycles. The lowest BCUT2D eigenvalue weighted by molar-refractivity contribution is -0.107. The Morgan fingerprint density at radius 2 is 0.848 bits per heavy atom. The maximum Gasteiger partial charge on any atom is 0.119 e. The Balaban J connectivity index is 0. The summed E-state index contributed by atoms with van der Waals surface area (Å²) in [5, 5.41) is 27.3. The summed E-state index contributed by atoms with van der Waals surface area (Å²) >= 11 is 0. The molecule has 0 saturated carbocycles. The number of aliphatic hydroxyl groups excluding tert-OH is 3. The molecule has 0 spiro atoms. The molecule has 0 radical (unpaired) electrons. The molecule has 2 unspecified atom stereocenters. The Bertz CT molecular complexity index is 349. The van der Waals surface area contributed by atoms with E-state index in [-0.39, 0.29) is 6.61 Å². The van der Waals surface area contributed by atoms with E-state index in [1.807, 2.05) is 0 Å². The molecule has 33 heavy (non-hydrogen) atoms. The third-order valence-corrected chi connectivity index (χ3v) is 6.41. The summed E-state index contributed by atoms with van der Waals surface area (Å²) in [5.74, 6) is 0. The summed E-state index contributed by atoms with van der Waals surface area (Å²) in [5.41, 5.74) is 0. The Hall–Kier alpha value is -0.450. The van der Waals surface area contributed by atoms with Crippen LogP contribution in [-0.2, 0) is 4.79 Å². The molecule has 0 aliphatic carbocycles. The van der Waals surface area contributed by atoms with E-state index in [1.165, 1.54) is 116 Å². The standard InChI is InChI=1S/C15H32O3.C14H28O/c1-2-3-4-5-6-7-8-9-10-11-12-14(17)15(18)13-16;1-2-3-4-5-6-7-8-9-10-11-12-13-14-15/h14-18H,2-13H2,1H3;14H,2-13H2,1H3. The van der Waals surface area contributed by atoms with Gasteiger partial charge >= 0.3 is 0 Å². The lowest BCUT2D eigenvalue weighted by Crippen LogP contribution is -2.28. The summed E-state index contributed by atoms with van der Waals surface area (Å²) in [6, 6.07) is 0. The molecule has 0 aliphatic rings. The highest BCUT2D eigenvalue weighted by Gasteiger charge is 2.13. The zero-order valence-electron chi connectivity index (χ0n) is 22.5. The molecule has 4 heteroatoms. The predicted octanol–water partition coefficient (Wildman–Crippen LogP) is 7.90. The van der Waals surface area contributed by atoms with Crippen molar-refractivity contribution in [3.63, 3.8) is 0 Å². The highest BCUT2D eigenvalue weighted by atomic mass is 16.4. The van der Waals surface area contributed by atoms with Crippen LogP contribution in [0.4, 0.5) is 0 Å². The number of aliphatic hydroxyl groups is 3. The van der Waals surface area contributed by atoms with E-state index in [9.17, 15) is 9.90 Å². The molecule has 3 N–H and O–H groups in total. The van der Waals surface area contributed by atoms with Crippen LogP contribution in [0.1, 0.15) is 162 Å². The zero-order chi connectivity index (χ0) is 24.8. The van der Waals surface area contributed by atoms with Gasteiger partial charge in [0.05, 0.1) is 12.7 Å². The monoisotopic (exact) mass is 472 g/mol. The third-order valence-electron chi connectivity index (χ3n) is 6.41. The average Bonchev–Trinajstić information content (AvgIpc) is 2.83. The van der Waals surface area contributed by atoms with Gasteiger partial charge in [-0.1, -0.05) is 142 Å². The molecule has 200 valence electrons. The normalized spacial score (nSPS) is 12.8. The van der Waals surface area contributed by atoms with Crippen LogP contribution in [0.3, 0.4) is 0 Å². The van der Waals surface area contributed by atoms with E-state index in [0.29, 0.717) is 6.42 Å². The fraction of sp³-hybridized carbons (Fsp3) is 0.966. The lowest BCUT2D eigenvalue weighted by Gasteiger charge is -2.14. The molecule has 0 aliphatic heterocycles. The predicted molar refractivity (Wildman–Crippen MR) is 143 cm³/mol. The van der Waals surface area contributed by atoms with E-state index in [2.05, 4.69) is 13.8 Å². The molecule has 0 fully saturated rings. The van der Waals surface area contributed by atoms with Crippen molar-refractivity contribution in [1.29, 1.82) is 0 Å². The second-order valence-corrected chi connectivity index (χ2v) is 9.78. The highest BCUT2D eigenvalue weighted by Crippen LogP contribution is 2.13. The molecular weight excluding hydrogens is 412 g/mol. The van der Waals surface area contributed by atoms with Crippen LogP contribution in [0.5, 0.6) is 0 Å². The van der Waals surface area contributed by atoms with Crippen molar-refractivity contribution in [3.8, 4) is 0 Å². The van der Waals surface area contributed by atoms with Gasteiger partial charge in [-0.05, 0) is 12.8 Å². The molecule has 0 rings (SSSR count). The second-order valence-electron chi connectivity index (χ2n) is 9.78. The SMILES string of the molecule is CCCCCCCCCCCCC(O)C(O)CO.CCCCCCCCCCCCCC=O. The van der Waals surface area contributed by atoms with Gasteiger partial charge < -0.3 is 20.1 Å². The van der Waals surface area contributed by atoms with Crippen LogP contribution in [0.2, 0.25) is 0 Å². The molecule has 0 bridgehead atoms. The Morgan fingerprint density at radius 3 is 1.18 bits per heavy atom. The maximum absolute atomic E-state index is 10.1. The average molecular weight is 473 g/mol. The molecule has 0 heterocycles. The summed E-state index contributed by atoms with van der Waals surface area (Å²) in [6.07, 6.45) is 28.2. The number of carbonyl (C=O) groups is 1. The van der Waals surface area contributed by atoms with Gasteiger partial charge in [0, 0.05) is 6.42 Å². The fourth-order valence-corrected chi connectivity index (χ4v) is 4.05. The van der Waals surface area contributed by atoms with Gasteiger partial charge in [-0.15, -0.1) is 0 Å². The van der Waals surface area contributed by atoms with E-state index < -0.39 is 12.2 Å². The van der Waals surface area contributed by atoms with Crippen LogP contribution in [-0.4, -0.2) is 40.4 Å². The lowest BCUT2D eigenvalue weighted by atomic mass is 10.0. The number of hydrogen-bond donors (Lipinski definition) is 3. The van der Waals surface area contributed by atoms with Crippen molar-refractivity contribution in [2.75, 3.05) is 6.61 Å². The highest BCUT2D eigenvalue weighted by molar-refractivity contribution is 5.48. The molecular formula is C29H60O4. The first-order valence-electron chi connectivity index (χ1n) is 14.5. The topological polar surface area (TPSA) is 77.8 Å². The zero-order valence-corrected chi connectivity index (χ0v) is 22.5. The van der Waals surface area contributed by atoms with Crippen molar-refractivity contribution in [2.45, 2.75) is 174 Å². The van der Waals surface area contributed by atoms with Gasteiger partial charge in [-0.2, -0.15) is 0 Å². The van der Waals surface area contributed by atoms with Gasteiger partial charge in [-0.3, -0.25) is 0 Å². The summed E-state index contributed by atoms with van der Waals surface area (Å²) in [6.45, 7) is 4.15. The van der Waals surface area contributed by atoms with Crippen molar-refractivity contribution < 1.29 is 20.1 Å². The molecule has 2 atom stereocenters. The maximum atomic E-state index is 10.1. The summed E-state index contributed by atoms with van der Waals surface area (Å²) in [4.78, 5) is 10.1. The number of hydrogen-bond acceptors (Lipinski definition) is 4. The molecule has 0 aromatic carbocycles. The van der Waals surface area contributed by atoms with Crippen LogP contribution in [0, 0.1) is 0 Å². The third kappa shape index (κ3) is 31.5. The van der Waals surface area contributed by atoms with Gasteiger partial charge in [-0.25, -0.2) is 0 Å². The fourth-order valence-electron chi connectivity index (χ4n) is 4.05. The first-order valence-corrected chi connectivity index (χ1v) is 14.5. The van der Waals surface area contributed by atoms with Crippen LogP contribution < -0.4 is 0 Å². The van der Waals surface area contributed by atoms with Crippen molar-refractivity contribution in [2.24, 2.45) is 0 Å². The largest absolute Gasteiger partial charge is 0.394 e. The molecule has 0 saturated heterocycles. The first-order chi connectivity index (χ1) is 16.1. The van der Waals surface area contributed by atoms with Crippen LogP contribution >= 0.6 is 0 Å². The summed E-state index contributed by atoms with van der Waals surface area (Å²) < 4.78 is 0. The Labute approximate surface area is 207 Å². The van der Waals surface area contributed by atoms with Crippen molar-refractivity contribution in [3.05, 3.63) is 0 Å². The summed E-state index contributed by atoms with van der Waals surface area (Å²) in [7, 11) is 0. The van der Waals surface area contributed by atoms with Crippen LogP contribution in [0.25, 0.3) is 0 Å². The van der Waals surface area contributed by atoms with Gasteiger partial charge in [0.1, 0.15) is 12.4 Å². The number of unbranched alkanes of at least 4 members (excludes halogenated alkanes) is 20. The van der Waals surface area contributed by atoms with Crippen molar-refractivity contribution in [1.82, 2.24) is 0 Å². The Morgan fingerprint density at radius 1 is 0.515 bits per heavy atom. The minimum atomic E-state index is -0.969. The van der Waals surface area contributed by atoms with Gasteiger partial charge in [0.2, 0.25) is 0 Å². The molecule has 0 aromatic rings. The Kier molecular flexibility index (Phi) is 33.2. The molecule has 0 amide bonds. The quantitative estimate of drug-likeness (QED) is 0.0932. The molecule has 4 nitrogen and oxygen atoms in total. The minimum Gasteiger partial charge on any atom is -0.394 e. The van der Waals surface area contributed by atoms with E-state index in [0.717, 1.165) is 32.0 Å². The number of carbonyl (C=O) groups excluding carboxylic acids is 1.